The molecule has 0 saturated heterocycles. The molecule has 1 rings (SSSR count). The van der Waals surface area contributed by atoms with Gasteiger partial charge < -0.3 is 10.2 Å². The van der Waals surface area contributed by atoms with Crippen LogP contribution in [0.4, 0.5) is 0 Å². The van der Waals surface area contributed by atoms with E-state index in [2.05, 4.69) is 13.8 Å². The summed E-state index contributed by atoms with van der Waals surface area (Å²) in [6, 6.07) is 3.48. The molecule has 0 atom stereocenters. The molecule has 0 fully saturated rings. The molecule has 0 heterocycles. The van der Waals surface area contributed by atoms with Crippen LogP contribution in [0.5, 0.6) is 11.5 Å². The van der Waals surface area contributed by atoms with Gasteiger partial charge >= 0.3 is 0 Å². The molecule has 0 aliphatic rings. The molecule has 1 aromatic carbocycles. The predicted molar refractivity (Wildman–Crippen MR) is 57.8 cm³/mol. The van der Waals surface area contributed by atoms with Crippen LogP contribution in [0, 0.1) is 0 Å². The fraction of sp³-hybridized carbons (Fsp3) is 0.500. The summed E-state index contributed by atoms with van der Waals surface area (Å²) >= 11 is 0. The van der Waals surface area contributed by atoms with Crippen LogP contribution in [0.1, 0.15) is 37.8 Å². The average Bonchev–Trinajstić information content (AvgIpc) is 2.18. The van der Waals surface area contributed by atoms with Gasteiger partial charge in [-0.1, -0.05) is 32.8 Å². The Labute approximate surface area is 85.2 Å². The highest BCUT2D eigenvalue weighted by Gasteiger charge is 2.10. The molecule has 2 N–H and O–H groups in total. The third-order valence-corrected chi connectivity index (χ3v) is 2.38. The fourth-order valence-corrected chi connectivity index (χ4v) is 1.70. The maximum absolute atomic E-state index is 9.69. The second-order valence-corrected chi connectivity index (χ2v) is 3.57. The smallest absolute Gasteiger partial charge is 0.160 e. The summed E-state index contributed by atoms with van der Waals surface area (Å²) in [5.41, 5.74) is 2.07. The van der Waals surface area contributed by atoms with Gasteiger partial charge in [0, 0.05) is 5.56 Å². The lowest BCUT2D eigenvalue weighted by molar-refractivity contribution is 0.398. The van der Waals surface area contributed by atoms with E-state index in [1.807, 2.05) is 6.07 Å². The number of aryl methyl sites for hydroxylation is 1. The van der Waals surface area contributed by atoms with Crippen molar-refractivity contribution in [3.63, 3.8) is 0 Å². The molecule has 0 aliphatic carbocycles. The number of phenols is 2. The Morgan fingerprint density at radius 2 is 1.64 bits per heavy atom. The van der Waals surface area contributed by atoms with Crippen molar-refractivity contribution < 1.29 is 10.2 Å². The van der Waals surface area contributed by atoms with Crippen LogP contribution >= 0.6 is 0 Å². The van der Waals surface area contributed by atoms with Crippen LogP contribution in [-0.4, -0.2) is 10.2 Å². The Morgan fingerprint density at radius 1 is 1.00 bits per heavy atom. The van der Waals surface area contributed by atoms with Crippen molar-refractivity contribution in [3.05, 3.63) is 23.3 Å². The van der Waals surface area contributed by atoms with E-state index in [0.717, 1.165) is 36.8 Å². The molecular formula is C12H18O2. The summed E-state index contributed by atoms with van der Waals surface area (Å²) in [5.74, 6) is 0.0612. The van der Waals surface area contributed by atoms with Crippen molar-refractivity contribution in [1.82, 2.24) is 0 Å². The van der Waals surface area contributed by atoms with Gasteiger partial charge in [-0.15, -0.1) is 0 Å². The van der Waals surface area contributed by atoms with Crippen molar-refractivity contribution in [3.8, 4) is 11.5 Å². The van der Waals surface area contributed by atoms with Gasteiger partial charge in [0.05, 0.1) is 0 Å². The number of phenolic OH excluding ortho intramolecular Hbond substituents is 2. The molecule has 0 unspecified atom stereocenters. The Balaban J connectivity index is 3.08. The van der Waals surface area contributed by atoms with E-state index >= 15 is 0 Å². The van der Waals surface area contributed by atoms with E-state index in [1.165, 1.54) is 0 Å². The minimum Gasteiger partial charge on any atom is -0.504 e. The third kappa shape index (κ3) is 2.19. The quantitative estimate of drug-likeness (QED) is 0.723. The van der Waals surface area contributed by atoms with Crippen LogP contribution < -0.4 is 0 Å². The molecule has 0 amide bonds. The summed E-state index contributed by atoms with van der Waals surface area (Å²) in [6.07, 6.45) is 3.83. The number of benzene rings is 1. The largest absolute Gasteiger partial charge is 0.504 e. The highest BCUT2D eigenvalue weighted by Crippen LogP contribution is 2.32. The van der Waals surface area contributed by atoms with Crippen molar-refractivity contribution in [2.75, 3.05) is 0 Å². The van der Waals surface area contributed by atoms with Gasteiger partial charge in [-0.3, -0.25) is 0 Å². The second-order valence-electron chi connectivity index (χ2n) is 3.57. The summed E-state index contributed by atoms with van der Waals surface area (Å²) < 4.78 is 0. The first-order valence-corrected chi connectivity index (χ1v) is 5.23. The number of hydrogen-bond donors (Lipinski definition) is 2. The van der Waals surface area contributed by atoms with E-state index in [4.69, 9.17) is 0 Å². The van der Waals surface area contributed by atoms with Gasteiger partial charge in [0.2, 0.25) is 0 Å². The molecule has 0 bridgehead atoms. The van der Waals surface area contributed by atoms with Gasteiger partial charge in [0.15, 0.2) is 11.5 Å². The van der Waals surface area contributed by atoms with E-state index < -0.39 is 0 Å². The van der Waals surface area contributed by atoms with Crippen molar-refractivity contribution in [2.24, 2.45) is 0 Å². The molecule has 0 aliphatic heterocycles. The Morgan fingerprint density at radius 3 is 2.21 bits per heavy atom. The van der Waals surface area contributed by atoms with Crippen LogP contribution in [0.2, 0.25) is 0 Å². The Kier molecular flexibility index (Phi) is 3.81. The lowest BCUT2D eigenvalue weighted by Gasteiger charge is -2.11. The lowest BCUT2D eigenvalue weighted by Crippen LogP contribution is -1.94. The van der Waals surface area contributed by atoms with E-state index in [0.29, 0.717) is 0 Å². The molecule has 0 spiro atoms. The minimum atomic E-state index is -0.00620. The zero-order chi connectivity index (χ0) is 10.6. The number of rotatable bonds is 4. The van der Waals surface area contributed by atoms with Gasteiger partial charge in [-0.2, -0.15) is 0 Å². The average molecular weight is 194 g/mol. The molecule has 2 nitrogen and oxygen atoms in total. The van der Waals surface area contributed by atoms with E-state index in [1.54, 1.807) is 6.07 Å². The maximum Gasteiger partial charge on any atom is 0.160 e. The zero-order valence-electron chi connectivity index (χ0n) is 8.88. The molecular weight excluding hydrogens is 176 g/mol. The molecule has 14 heavy (non-hydrogen) atoms. The Bertz CT molecular complexity index is 305. The van der Waals surface area contributed by atoms with Crippen LogP contribution in [-0.2, 0) is 12.8 Å². The van der Waals surface area contributed by atoms with Gasteiger partial charge in [0.1, 0.15) is 0 Å². The predicted octanol–water partition coefficient (Wildman–Crippen LogP) is 3.00. The fourth-order valence-electron chi connectivity index (χ4n) is 1.70. The molecule has 1 aromatic rings. The highest BCUT2D eigenvalue weighted by molar-refractivity contribution is 5.49. The first-order valence-electron chi connectivity index (χ1n) is 5.23. The van der Waals surface area contributed by atoms with Gasteiger partial charge in [-0.25, -0.2) is 0 Å². The number of hydrogen-bond acceptors (Lipinski definition) is 2. The normalized spacial score (nSPS) is 10.4. The van der Waals surface area contributed by atoms with Crippen LogP contribution in [0.15, 0.2) is 12.1 Å². The van der Waals surface area contributed by atoms with Crippen LogP contribution in [0.25, 0.3) is 0 Å². The van der Waals surface area contributed by atoms with E-state index in [-0.39, 0.29) is 11.5 Å². The first-order chi connectivity index (χ1) is 6.70. The summed E-state index contributed by atoms with van der Waals surface area (Å²) in [5, 5.41) is 19.1. The molecule has 2 heteroatoms. The SMILES string of the molecule is CCCc1ccc(O)c(O)c1CCC. The highest BCUT2D eigenvalue weighted by atomic mass is 16.3. The zero-order valence-corrected chi connectivity index (χ0v) is 8.88. The topological polar surface area (TPSA) is 40.5 Å². The van der Waals surface area contributed by atoms with E-state index in [9.17, 15) is 10.2 Å². The van der Waals surface area contributed by atoms with Gasteiger partial charge in [0.25, 0.3) is 0 Å². The summed E-state index contributed by atoms with van der Waals surface area (Å²) in [4.78, 5) is 0. The van der Waals surface area contributed by atoms with Crippen molar-refractivity contribution >= 4 is 0 Å². The first kappa shape index (κ1) is 10.9. The third-order valence-electron chi connectivity index (χ3n) is 2.38. The Hall–Kier alpha value is -1.18. The number of aromatic hydroxyl groups is 2. The minimum absolute atomic E-state index is 0.00620. The monoisotopic (exact) mass is 194 g/mol. The molecule has 0 aromatic heterocycles. The lowest BCUT2D eigenvalue weighted by atomic mass is 9.98. The molecule has 0 saturated carbocycles. The standard InChI is InChI=1S/C12H18O2/c1-3-5-9-7-8-11(13)12(14)10(9)6-4-2/h7-8,13-14H,3-6H2,1-2H3. The molecule has 0 radical (unpaired) electrons. The van der Waals surface area contributed by atoms with Crippen molar-refractivity contribution in [2.45, 2.75) is 39.5 Å². The second kappa shape index (κ2) is 4.89. The summed E-state index contributed by atoms with van der Waals surface area (Å²) in [6.45, 7) is 4.18. The molecule has 78 valence electrons. The summed E-state index contributed by atoms with van der Waals surface area (Å²) in [7, 11) is 0. The van der Waals surface area contributed by atoms with Gasteiger partial charge in [-0.05, 0) is 24.5 Å². The van der Waals surface area contributed by atoms with Crippen molar-refractivity contribution in [1.29, 1.82) is 0 Å². The van der Waals surface area contributed by atoms with Crippen LogP contribution in [0.3, 0.4) is 0 Å². The maximum atomic E-state index is 9.69.